The number of anilines is 1. The fourth-order valence-electron chi connectivity index (χ4n) is 4.01. The van der Waals surface area contributed by atoms with E-state index in [2.05, 4.69) is 29.6 Å². The second kappa shape index (κ2) is 9.12. The van der Waals surface area contributed by atoms with Gasteiger partial charge in [-0.3, -0.25) is 4.79 Å². The Morgan fingerprint density at radius 2 is 1.69 bits per heavy atom. The normalized spacial score (nSPS) is 15.0. The average molecular weight is 395 g/mol. The molecule has 2 aromatic rings. The number of rotatable bonds is 7. The molecule has 0 spiro atoms. The van der Waals surface area contributed by atoms with Gasteiger partial charge >= 0.3 is 5.97 Å². The van der Waals surface area contributed by atoms with E-state index >= 15 is 0 Å². The van der Waals surface area contributed by atoms with Crippen LogP contribution in [0.15, 0.2) is 42.5 Å². The van der Waals surface area contributed by atoms with Gasteiger partial charge in [-0.1, -0.05) is 42.7 Å². The van der Waals surface area contributed by atoms with E-state index in [9.17, 15) is 9.59 Å². The van der Waals surface area contributed by atoms with Crippen molar-refractivity contribution in [2.75, 3.05) is 18.5 Å². The maximum Gasteiger partial charge on any atom is 0.341 e. The molecule has 0 aromatic heterocycles. The summed E-state index contributed by atoms with van der Waals surface area (Å²) in [5.41, 5.74) is 2.58. The molecule has 5 nitrogen and oxygen atoms in total. The Balaban J connectivity index is 1.89. The molecule has 1 aliphatic carbocycles. The fraction of sp³-hybridized carbons (Fsp3) is 0.417. The number of carbonyl (C=O) groups excluding carboxylic acids is 2. The van der Waals surface area contributed by atoms with Gasteiger partial charge in [-0.15, -0.1) is 0 Å². The third kappa shape index (κ3) is 4.44. The number of carbonyl (C=O) groups is 2. The number of ether oxygens (including phenoxy) is 2. The summed E-state index contributed by atoms with van der Waals surface area (Å²) < 4.78 is 10.7. The molecule has 0 radical (unpaired) electrons. The Bertz CT molecular complexity index is 867. The van der Waals surface area contributed by atoms with Crippen molar-refractivity contribution in [1.82, 2.24) is 0 Å². The average Bonchev–Trinajstić information content (AvgIpc) is 3.21. The summed E-state index contributed by atoms with van der Waals surface area (Å²) in [5, 5.41) is 3.04. The number of amides is 1. The first-order valence-electron chi connectivity index (χ1n) is 10.3. The van der Waals surface area contributed by atoms with Crippen molar-refractivity contribution in [3.63, 3.8) is 0 Å². The maximum atomic E-state index is 13.4. The second-order valence-corrected chi connectivity index (χ2v) is 7.47. The van der Waals surface area contributed by atoms with E-state index < -0.39 is 11.4 Å². The molecule has 1 N–H and O–H groups in total. The van der Waals surface area contributed by atoms with Crippen LogP contribution in [0.25, 0.3) is 0 Å². The van der Waals surface area contributed by atoms with Crippen molar-refractivity contribution in [1.29, 1.82) is 0 Å². The van der Waals surface area contributed by atoms with Crippen LogP contribution < -0.4 is 10.1 Å². The topological polar surface area (TPSA) is 64.6 Å². The predicted octanol–water partition coefficient (Wildman–Crippen LogP) is 5.02. The van der Waals surface area contributed by atoms with Crippen molar-refractivity contribution in [3.8, 4) is 5.75 Å². The smallest absolute Gasteiger partial charge is 0.341 e. The predicted molar refractivity (Wildman–Crippen MR) is 114 cm³/mol. The molecular weight excluding hydrogens is 366 g/mol. The molecule has 29 heavy (non-hydrogen) atoms. The third-order valence-corrected chi connectivity index (χ3v) is 5.53. The molecule has 154 valence electrons. The zero-order chi connectivity index (χ0) is 20.9. The van der Waals surface area contributed by atoms with Gasteiger partial charge in [-0.25, -0.2) is 4.79 Å². The summed E-state index contributed by atoms with van der Waals surface area (Å²) in [6.07, 6.45) is 3.70. The van der Waals surface area contributed by atoms with Crippen LogP contribution in [0, 0.1) is 6.92 Å². The number of esters is 1. The van der Waals surface area contributed by atoms with E-state index in [1.807, 2.05) is 13.8 Å². The first-order valence-corrected chi connectivity index (χ1v) is 10.3. The van der Waals surface area contributed by atoms with Gasteiger partial charge in [-0.2, -0.15) is 0 Å². The van der Waals surface area contributed by atoms with E-state index in [-0.39, 0.29) is 12.5 Å². The lowest BCUT2D eigenvalue weighted by Crippen LogP contribution is -2.38. The van der Waals surface area contributed by atoms with E-state index in [1.165, 1.54) is 5.56 Å². The standard InChI is InChI=1S/C24H29NO4/c1-4-28-21-13-12-19(16-20(21)22(26)29-5-2)25-23(27)24(14-6-7-15-24)18-10-8-17(3)9-11-18/h8-13,16H,4-7,14-15H2,1-3H3,(H,25,27). The lowest BCUT2D eigenvalue weighted by molar-refractivity contribution is -0.121. The van der Waals surface area contributed by atoms with Gasteiger partial charge in [0.15, 0.2) is 0 Å². The minimum atomic E-state index is -0.531. The van der Waals surface area contributed by atoms with Gasteiger partial charge in [0.25, 0.3) is 0 Å². The van der Waals surface area contributed by atoms with Crippen LogP contribution in [0.1, 0.15) is 61.0 Å². The lowest BCUT2D eigenvalue weighted by atomic mass is 9.77. The summed E-state index contributed by atoms with van der Waals surface area (Å²) in [7, 11) is 0. The zero-order valence-corrected chi connectivity index (χ0v) is 17.4. The number of hydrogen-bond donors (Lipinski definition) is 1. The van der Waals surface area contributed by atoms with E-state index in [1.54, 1.807) is 25.1 Å². The number of nitrogens with one attached hydrogen (secondary N) is 1. The van der Waals surface area contributed by atoms with E-state index in [0.717, 1.165) is 31.2 Å². The third-order valence-electron chi connectivity index (χ3n) is 5.53. The largest absolute Gasteiger partial charge is 0.493 e. The maximum absolute atomic E-state index is 13.4. The highest BCUT2D eigenvalue weighted by Crippen LogP contribution is 2.42. The molecule has 0 atom stereocenters. The Morgan fingerprint density at radius 3 is 2.31 bits per heavy atom. The van der Waals surface area contributed by atoms with Crippen LogP contribution in [-0.2, 0) is 14.9 Å². The SMILES string of the molecule is CCOC(=O)c1cc(NC(=O)C2(c3ccc(C)cc3)CCCC2)ccc1OCC. The molecule has 0 saturated heterocycles. The monoisotopic (exact) mass is 395 g/mol. The van der Waals surface area contributed by atoms with Gasteiger partial charge in [0, 0.05) is 5.69 Å². The summed E-state index contributed by atoms with van der Waals surface area (Å²) in [6.45, 7) is 6.37. The van der Waals surface area contributed by atoms with Crippen molar-refractivity contribution in [3.05, 3.63) is 59.2 Å². The molecule has 1 saturated carbocycles. The highest BCUT2D eigenvalue weighted by atomic mass is 16.5. The molecule has 5 heteroatoms. The van der Waals surface area contributed by atoms with Gasteiger partial charge in [0.1, 0.15) is 11.3 Å². The molecule has 1 fully saturated rings. The van der Waals surface area contributed by atoms with Crippen LogP contribution in [0.4, 0.5) is 5.69 Å². The van der Waals surface area contributed by atoms with Crippen LogP contribution >= 0.6 is 0 Å². The fourth-order valence-corrected chi connectivity index (χ4v) is 4.01. The summed E-state index contributed by atoms with van der Waals surface area (Å²) in [6, 6.07) is 13.3. The Morgan fingerprint density at radius 1 is 1.00 bits per heavy atom. The van der Waals surface area contributed by atoms with Crippen molar-refractivity contribution < 1.29 is 19.1 Å². The van der Waals surface area contributed by atoms with Gasteiger partial charge < -0.3 is 14.8 Å². The van der Waals surface area contributed by atoms with Gasteiger partial charge in [0.2, 0.25) is 5.91 Å². The Kier molecular flexibility index (Phi) is 6.57. The summed E-state index contributed by atoms with van der Waals surface area (Å²) in [5.74, 6) is -0.0305. The first kappa shape index (κ1) is 20.9. The molecule has 0 bridgehead atoms. The molecule has 3 rings (SSSR count). The molecule has 0 heterocycles. The van der Waals surface area contributed by atoms with Gasteiger partial charge in [-0.05, 0) is 57.4 Å². The molecule has 1 amide bonds. The molecule has 1 aliphatic rings. The highest BCUT2D eigenvalue weighted by Gasteiger charge is 2.42. The second-order valence-electron chi connectivity index (χ2n) is 7.47. The van der Waals surface area contributed by atoms with E-state index in [4.69, 9.17) is 9.47 Å². The van der Waals surface area contributed by atoms with Crippen molar-refractivity contribution in [2.24, 2.45) is 0 Å². The summed E-state index contributed by atoms with van der Waals surface area (Å²) in [4.78, 5) is 25.7. The minimum Gasteiger partial charge on any atom is -0.493 e. The minimum absolute atomic E-state index is 0.0298. The molecule has 0 unspecified atom stereocenters. The molecular formula is C24H29NO4. The summed E-state index contributed by atoms with van der Waals surface area (Å²) >= 11 is 0. The first-order chi connectivity index (χ1) is 14.0. The Labute approximate surface area is 172 Å². The number of aryl methyl sites for hydroxylation is 1. The number of hydrogen-bond acceptors (Lipinski definition) is 4. The quantitative estimate of drug-likeness (QED) is 0.669. The van der Waals surface area contributed by atoms with Gasteiger partial charge in [0.05, 0.1) is 18.6 Å². The molecule has 2 aromatic carbocycles. The van der Waals surface area contributed by atoms with Crippen LogP contribution in [0.5, 0.6) is 5.75 Å². The molecule has 0 aliphatic heterocycles. The van der Waals surface area contributed by atoms with Crippen molar-refractivity contribution in [2.45, 2.75) is 51.9 Å². The van der Waals surface area contributed by atoms with Crippen molar-refractivity contribution >= 4 is 17.6 Å². The lowest BCUT2D eigenvalue weighted by Gasteiger charge is -2.28. The van der Waals surface area contributed by atoms with E-state index in [0.29, 0.717) is 23.6 Å². The zero-order valence-electron chi connectivity index (χ0n) is 17.4. The van der Waals surface area contributed by atoms with Crippen LogP contribution in [0.3, 0.4) is 0 Å². The highest BCUT2D eigenvalue weighted by molar-refractivity contribution is 6.01. The number of benzene rings is 2. The van der Waals surface area contributed by atoms with Crippen LogP contribution in [-0.4, -0.2) is 25.1 Å². The van der Waals surface area contributed by atoms with Crippen LogP contribution in [0.2, 0.25) is 0 Å². The Hall–Kier alpha value is -2.82.